The fourth-order valence-electron chi connectivity index (χ4n) is 4.25. The van der Waals surface area contributed by atoms with Crippen molar-refractivity contribution < 1.29 is 24.3 Å². The second kappa shape index (κ2) is 14.5. The quantitative estimate of drug-likeness (QED) is 0.240. The fourth-order valence-corrected chi connectivity index (χ4v) is 4.95. The molecule has 1 aromatic carbocycles. The molecule has 0 saturated heterocycles. The molecule has 0 spiro atoms. The van der Waals surface area contributed by atoms with Crippen molar-refractivity contribution in [3.63, 3.8) is 0 Å². The fraction of sp³-hybridized carbons (Fsp3) is 0.600. The van der Waals surface area contributed by atoms with Gasteiger partial charge in [0.15, 0.2) is 0 Å². The molecule has 3 unspecified atom stereocenters. The van der Waals surface area contributed by atoms with Crippen LogP contribution in [0.3, 0.4) is 0 Å². The molecule has 0 aliphatic carbocycles. The van der Waals surface area contributed by atoms with Gasteiger partial charge in [-0.05, 0) is 35.5 Å². The number of amides is 3. The summed E-state index contributed by atoms with van der Waals surface area (Å²) < 4.78 is 0. The number of rotatable bonds is 13. The van der Waals surface area contributed by atoms with Gasteiger partial charge in [-0.3, -0.25) is 14.4 Å². The molecule has 0 fully saturated rings. The second-order valence-corrected chi connectivity index (χ2v) is 10.7. The highest BCUT2D eigenvalue weighted by Crippen LogP contribution is 2.25. The molecule has 1 aromatic rings. The van der Waals surface area contributed by atoms with Gasteiger partial charge in [-0.1, -0.05) is 38.1 Å². The van der Waals surface area contributed by atoms with Crippen LogP contribution in [0.2, 0.25) is 0 Å². The Morgan fingerprint density at radius 2 is 1.83 bits per heavy atom. The summed E-state index contributed by atoms with van der Waals surface area (Å²) >= 11 is 5.80. The van der Waals surface area contributed by atoms with Crippen molar-refractivity contribution in [2.45, 2.75) is 64.3 Å². The summed E-state index contributed by atoms with van der Waals surface area (Å²) in [5.74, 6) is -1.08. The molecule has 2 rings (SSSR count). The molecule has 3 amide bonds. The van der Waals surface area contributed by atoms with E-state index in [2.05, 4.69) is 28.6 Å². The van der Waals surface area contributed by atoms with Gasteiger partial charge in [-0.15, -0.1) is 0 Å². The average molecular weight is 539 g/mol. The van der Waals surface area contributed by atoms with Crippen LogP contribution in [-0.2, 0) is 32.1 Å². The highest BCUT2D eigenvalue weighted by atomic mass is 32.2. The lowest BCUT2D eigenvalue weighted by molar-refractivity contribution is -0.146. The van der Waals surface area contributed by atoms with Crippen LogP contribution in [0.5, 0.6) is 0 Å². The van der Waals surface area contributed by atoms with Gasteiger partial charge in [0.1, 0.15) is 12.1 Å². The van der Waals surface area contributed by atoms with Crippen LogP contribution in [-0.4, -0.2) is 82.2 Å². The van der Waals surface area contributed by atoms with Gasteiger partial charge >= 0.3 is 5.97 Å². The molecule has 9 nitrogen and oxygen atoms in total. The Labute approximate surface area is 222 Å². The summed E-state index contributed by atoms with van der Waals surface area (Å²) in [7, 11) is 0. The minimum Gasteiger partial charge on any atom is -0.480 e. The lowest BCUT2D eigenvalue weighted by Crippen LogP contribution is -2.60. The Balaban J connectivity index is 2.29. The molecule has 1 aliphatic heterocycles. The summed E-state index contributed by atoms with van der Waals surface area (Å²) in [5, 5.41) is 18.3. The summed E-state index contributed by atoms with van der Waals surface area (Å²) in [6, 6.07) is 4.95. The third kappa shape index (κ3) is 8.41. The lowest BCUT2D eigenvalue weighted by atomic mass is 9.91. The average Bonchev–Trinajstić information content (AvgIpc) is 2.84. The summed E-state index contributed by atoms with van der Waals surface area (Å²) in [4.78, 5) is 52.0. The predicted octanol–water partition coefficient (Wildman–Crippen LogP) is 1.31. The van der Waals surface area contributed by atoms with Gasteiger partial charge in [0.2, 0.25) is 17.7 Å². The minimum absolute atomic E-state index is 0.0929. The molecule has 200 valence electrons. The highest BCUT2D eigenvalue weighted by Gasteiger charge is 2.39. The third-order valence-electron chi connectivity index (χ3n) is 6.20. The highest BCUT2D eigenvalue weighted by molar-refractivity contribution is 7.98. The number of benzene rings is 1. The van der Waals surface area contributed by atoms with Crippen LogP contribution in [0, 0.1) is 5.92 Å². The van der Waals surface area contributed by atoms with E-state index < -0.39 is 30.0 Å². The first-order valence-electron chi connectivity index (χ1n) is 12.1. The van der Waals surface area contributed by atoms with Gasteiger partial charge in [0.25, 0.3) is 0 Å². The smallest absolute Gasteiger partial charge is 0.326 e. The van der Waals surface area contributed by atoms with Gasteiger partial charge in [0, 0.05) is 32.2 Å². The zero-order valence-corrected chi connectivity index (χ0v) is 23.0. The maximum absolute atomic E-state index is 13.8. The molecule has 36 heavy (non-hydrogen) atoms. The van der Waals surface area contributed by atoms with E-state index in [4.69, 9.17) is 0 Å². The van der Waals surface area contributed by atoms with E-state index in [-0.39, 0.29) is 30.3 Å². The number of carboxylic acid groups (broad SMARTS) is 1. The van der Waals surface area contributed by atoms with Crippen LogP contribution in [0.25, 0.3) is 0 Å². The Hall–Kier alpha value is -2.24. The molecule has 0 radical (unpaired) electrons. The first kappa shape index (κ1) is 30.0. The second-order valence-electron chi connectivity index (χ2n) is 9.35. The van der Waals surface area contributed by atoms with Gasteiger partial charge < -0.3 is 26.0 Å². The molecule has 11 heteroatoms. The number of carboxylic acids is 1. The number of hydrogen-bond donors (Lipinski definition) is 5. The minimum atomic E-state index is -1.09. The van der Waals surface area contributed by atoms with E-state index in [9.17, 15) is 24.3 Å². The summed E-state index contributed by atoms with van der Waals surface area (Å²) in [6.07, 6.45) is 2.48. The predicted molar refractivity (Wildman–Crippen MR) is 145 cm³/mol. The van der Waals surface area contributed by atoms with Gasteiger partial charge in [0.05, 0.1) is 12.1 Å². The van der Waals surface area contributed by atoms with Crippen molar-refractivity contribution in [3.8, 4) is 0 Å². The van der Waals surface area contributed by atoms with Crippen molar-refractivity contribution in [1.29, 1.82) is 0 Å². The molecule has 0 bridgehead atoms. The largest absolute Gasteiger partial charge is 0.480 e. The van der Waals surface area contributed by atoms with Crippen LogP contribution in [0.15, 0.2) is 24.3 Å². The molecule has 1 heterocycles. The van der Waals surface area contributed by atoms with Crippen LogP contribution in [0.1, 0.15) is 38.3 Å². The zero-order valence-electron chi connectivity index (χ0n) is 21.3. The maximum Gasteiger partial charge on any atom is 0.326 e. The van der Waals surface area contributed by atoms with E-state index in [1.165, 1.54) is 18.7 Å². The van der Waals surface area contributed by atoms with E-state index in [1.807, 2.05) is 44.4 Å². The first-order chi connectivity index (χ1) is 17.1. The van der Waals surface area contributed by atoms with Gasteiger partial charge in [-0.2, -0.15) is 24.4 Å². The van der Waals surface area contributed by atoms with Crippen LogP contribution < -0.4 is 16.0 Å². The number of aliphatic carboxylic acids is 1. The SMILES string of the molecule is CSCCC(NC(=O)C1Cc2ccccc2CN1C(=O)[C@@H](NCC(CS)NC(C)=O)C(C)C)C(=O)O. The molecule has 4 N–H and O–H groups in total. The van der Waals surface area contributed by atoms with Crippen molar-refractivity contribution in [1.82, 2.24) is 20.9 Å². The number of hydrogen-bond acceptors (Lipinski definition) is 7. The third-order valence-corrected chi connectivity index (χ3v) is 7.29. The number of nitrogens with zero attached hydrogens (tertiary/aromatic N) is 1. The van der Waals surface area contributed by atoms with Crippen molar-refractivity contribution >= 4 is 48.1 Å². The number of carbonyl (C=O) groups is 4. The Morgan fingerprint density at radius 1 is 1.17 bits per heavy atom. The van der Waals surface area contributed by atoms with E-state index in [1.54, 1.807) is 4.90 Å². The Morgan fingerprint density at radius 3 is 2.39 bits per heavy atom. The van der Waals surface area contributed by atoms with E-state index in [0.29, 0.717) is 30.9 Å². The van der Waals surface area contributed by atoms with Crippen LogP contribution >= 0.6 is 24.4 Å². The first-order valence-corrected chi connectivity index (χ1v) is 14.1. The Kier molecular flexibility index (Phi) is 12.1. The van der Waals surface area contributed by atoms with E-state index >= 15 is 0 Å². The summed E-state index contributed by atoms with van der Waals surface area (Å²) in [6.45, 7) is 5.86. The number of thioether (sulfide) groups is 1. The molecule has 0 saturated carbocycles. The molecule has 1 aliphatic rings. The van der Waals surface area contributed by atoms with E-state index in [0.717, 1.165) is 11.1 Å². The number of carbonyl (C=O) groups excluding carboxylic acids is 3. The standard InChI is InChI=1S/C25H38N4O5S2/c1-15(2)22(26-12-19(14-35)27-16(3)30)24(32)29-13-18-8-6-5-7-17(18)11-21(29)23(31)28-20(25(33)34)9-10-36-4/h5-8,15,19-22,26,35H,9-14H2,1-4H3,(H,27,30)(H,28,31)(H,33,34)/t19?,20?,21?,22-/m0/s1. The topological polar surface area (TPSA) is 128 Å². The normalized spacial score (nSPS) is 17.6. The zero-order chi connectivity index (χ0) is 26.8. The van der Waals surface area contributed by atoms with Gasteiger partial charge in [-0.25, -0.2) is 4.79 Å². The number of thiol groups is 1. The number of fused-ring (bicyclic) bond motifs is 1. The Bertz CT molecular complexity index is 929. The van der Waals surface area contributed by atoms with Crippen molar-refractivity contribution in [2.75, 3.05) is 24.3 Å². The van der Waals surface area contributed by atoms with Crippen molar-refractivity contribution in [2.24, 2.45) is 5.92 Å². The molecular weight excluding hydrogens is 500 g/mol. The lowest BCUT2D eigenvalue weighted by Gasteiger charge is -2.39. The molecule has 4 atom stereocenters. The molecular formula is C25H38N4O5S2. The maximum atomic E-state index is 13.8. The van der Waals surface area contributed by atoms with Crippen molar-refractivity contribution in [3.05, 3.63) is 35.4 Å². The number of nitrogens with one attached hydrogen (secondary N) is 3. The summed E-state index contributed by atoms with van der Waals surface area (Å²) in [5.41, 5.74) is 1.92. The van der Waals surface area contributed by atoms with Crippen LogP contribution in [0.4, 0.5) is 0 Å². The molecule has 0 aromatic heterocycles. The monoisotopic (exact) mass is 538 g/mol.